The number of carbonyl (C=O) groups excluding carboxylic acids is 1. The maximum Gasteiger partial charge on any atom is 0.255 e. The monoisotopic (exact) mass is 468 g/mol. The number of nitrogens with zero attached hydrogens (tertiary/aromatic N) is 1. The molecule has 1 saturated heterocycles. The molecule has 0 saturated carbocycles. The van der Waals surface area contributed by atoms with Gasteiger partial charge < -0.3 is 14.8 Å². The highest BCUT2D eigenvalue weighted by Gasteiger charge is 2.30. The Morgan fingerprint density at radius 1 is 1.18 bits per heavy atom. The summed E-state index contributed by atoms with van der Waals surface area (Å²) in [5, 5.41) is 2.79. The normalized spacial score (nSPS) is 15.2. The van der Waals surface area contributed by atoms with Crippen LogP contribution in [-0.4, -0.2) is 52.0 Å². The Labute approximate surface area is 172 Å². The lowest BCUT2D eigenvalue weighted by Gasteiger charge is -2.26. The Balaban J connectivity index is 1.91. The van der Waals surface area contributed by atoms with Gasteiger partial charge in [0.2, 0.25) is 10.0 Å². The van der Waals surface area contributed by atoms with Crippen molar-refractivity contribution in [3.63, 3.8) is 0 Å². The van der Waals surface area contributed by atoms with Crippen LogP contribution in [0.3, 0.4) is 0 Å². The van der Waals surface area contributed by atoms with Gasteiger partial charge in [0, 0.05) is 28.8 Å². The number of sulfonamides is 1. The molecule has 1 aliphatic heterocycles. The predicted octanol–water partition coefficient (Wildman–Crippen LogP) is 3.04. The van der Waals surface area contributed by atoms with Crippen molar-refractivity contribution in [1.82, 2.24) is 4.31 Å². The van der Waals surface area contributed by atoms with E-state index in [1.54, 1.807) is 6.07 Å². The van der Waals surface area contributed by atoms with Crippen LogP contribution in [0.2, 0.25) is 0 Å². The summed E-state index contributed by atoms with van der Waals surface area (Å²) in [6, 6.07) is 9.83. The molecule has 1 N–H and O–H groups in total. The molecule has 1 amide bonds. The summed E-state index contributed by atoms with van der Waals surface area (Å²) in [7, 11) is -2.40. The maximum absolute atomic E-state index is 13.0. The predicted molar refractivity (Wildman–Crippen MR) is 109 cm³/mol. The second-order valence-corrected chi connectivity index (χ2v) is 9.06. The zero-order valence-corrected chi connectivity index (χ0v) is 18.0. The zero-order valence-electron chi connectivity index (χ0n) is 15.6. The third kappa shape index (κ3) is 4.38. The van der Waals surface area contributed by atoms with E-state index in [0.717, 1.165) is 10.0 Å². The van der Waals surface area contributed by atoms with Crippen LogP contribution in [0, 0.1) is 6.92 Å². The number of methoxy groups -OCH3 is 1. The maximum atomic E-state index is 13.0. The molecular weight excluding hydrogens is 448 g/mol. The molecule has 7 nitrogen and oxygen atoms in total. The first kappa shape index (κ1) is 20.8. The standard InChI is InChI=1S/C19H21BrN2O5S/c1-13-11-15(4-5-16(13)20)21-19(23)14-3-6-17(26-2)18(12-14)28(24,25)22-7-9-27-10-8-22/h3-6,11-12H,7-10H2,1-2H3,(H,21,23). The molecule has 0 spiro atoms. The molecule has 1 aliphatic rings. The van der Waals surface area contributed by atoms with Gasteiger partial charge in [0.15, 0.2) is 0 Å². The van der Waals surface area contributed by atoms with E-state index in [1.165, 1.54) is 29.6 Å². The average Bonchev–Trinajstić information content (AvgIpc) is 2.71. The Bertz CT molecular complexity index is 988. The van der Waals surface area contributed by atoms with Crippen molar-refractivity contribution in [3.05, 3.63) is 52.0 Å². The van der Waals surface area contributed by atoms with Crippen molar-refractivity contribution in [3.8, 4) is 5.75 Å². The number of aryl methyl sites for hydroxylation is 1. The van der Waals surface area contributed by atoms with E-state index in [0.29, 0.717) is 18.9 Å². The SMILES string of the molecule is COc1ccc(C(=O)Nc2ccc(Br)c(C)c2)cc1S(=O)(=O)N1CCOCC1. The Morgan fingerprint density at radius 2 is 1.89 bits per heavy atom. The Kier molecular flexibility index (Phi) is 6.39. The third-order valence-corrected chi connectivity index (χ3v) is 7.24. The summed E-state index contributed by atoms with van der Waals surface area (Å²) in [5.41, 5.74) is 1.83. The van der Waals surface area contributed by atoms with Gasteiger partial charge in [-0.2, -0.15) is 4.31 Å². The van der Waals surface area contributed by atoms with Crippen LogP contribution in [0.5, 0.6) is 5.75 Å². The van der Waals surface area contributed by atoms with Crippen LogP contribution in [0.4, 0.5) is 5.69 Å². The van der Waals surface area contributed by atoms with Gasteiger partial charge in [0.05, 0.1) is 20.3 Å². The molecule has 150 valence electrons. The minimum atomic E-state index is -3.80. The molecule has 2 aromatic rings. The fourth-order valence-electron chi connectivity index (χ4n) is 2.87. The molecule has 0 aromatic heterocycles. The smallest absolute Gasteiger partial charge is 0.255 e. The number of amides is 1. The lowest BCUT2D eigenvalue weighted by atomic mass is 10.2. The van der Waals surface area contributed by atoms with Crippen molar-refractivity contribution in [1.29, 1.82) is 0 Å². The summed E-state index contributed by atoms with van der Waals surface area (Å²) in [6.45, 7) is 3.12. The third-order valence-electron chi connectivity index (χ3n) is 4.43. The molecule has 28 heavy (non-hydrogen) atoms. The topological polar surface area (TPSA) is 84.9 Å². The fourth-order valence-corrected chi connectivity index (χ4v) is 4.71. The van der Waals surface area contributed by atoms with Gasteiger partial charge in [-0.05, 0) is 48.9 Å². The second-order valence-electron chi connectivity index (χ2n) is 6.30. The summed E-state index contributed by atoms with van der Waals surface area (Å²) in [4.78, 5) is 12.6. The highest BCUT2D eigenvalue weighted by Crippen LogP contribution is 2.29. The summed E-state index contributed by atoms with van der Waals surface area (Å²) >= 11 is 3.42. The Hall–Kier alpha value is -1.94. The second kappa shape index (κ2) is 8.60. The van der Waals surface area contributed by atoms with E-state index >= 15 is 0 Å². The number of hydrogen-bond acceptors (Lipinski definition) is 5. The van der Waals surface area contributed by atoms with Crippen LogP contribution in [-0.2, 0) is 14.8 Å². The van der Waals surface area contributed by atoms with Crippen LogP contribution in [0.15, 0.2) is 45.8 Å². The van der Waals surface area contributed by atoms with Gasteiger partial charge in [0.25, 0.3) is 5.91 Å². The summed E-state index contributed by atoms with van der Waals surface area (Å²) in [6.07, 6.45) is 0. The highest BCUT2D eigenvalue weighted by atomic mass is 79.9. The van der Waals surface area contributed by atoms with Crippen molar-refractivity contribution < 1.29 is 22.7 Å². The van der Waals surface area contributed by atoms with E-state index in [9.17, 15) is 13.2 Å². The molecule has 0 radical (unpaired) electrons. The van der Waals surface area contributed by atoms with Crippen LogP contribution >= 0.6 is 15.9 Å². The number of rotatable bonds is 5. The van der Waals surface area contributed by atoms with Crippen LogP contribution in [0.25, 0.3) is 0 Å². The van der Waals surface area contributed by atoms with Crippen LogP contribution in [0.1, 0.15) is 15.9 Å². The molecule has 0 aliphatic carbocycles. The van der Waals surface area contributed by atoms with Gasteiger partial charge in [-0.1, -0.05) is 15.9 Å². The molecule has 2 aromatic carbocycles. The lowest BCUT2D eigenvalue weighted by molar-refractivity contribution is 0.0729. The van der Waals surface area contributed by atoms with Crippen molar-refractivity contribution >= 4 is 37.5 Å². The van der Waals surface area contributed by atoms with E-state index in [4.69, 9.17) is 9.47 Å². The molecule has 0 atom stereocenters. The molecular formula is C19H21BrN2O5S. The zero-order chi connectivity index (χ0) is 20.3. The van der Waals surface area contributed by atoms with Gasteiger partial charge in [-0.25, -0.2) is 8.42 Å². The number of benzene rings is 2. The molecule has 1 heterocycles. The van der Waals surface area contributed by atoms with Crippen molar-refractivity contribution in [2.75, 3.05) is 38.7 Å². The van der Waals surface area contributed by atoms with E-state index in [1.807, 2.05) is 19.1 Å². The molecule has 9 heteroatoms. The average molecular weight is 469 g/mol. The number of morpholine rings is 1. The van der Waals surface area contributed by atoms with Gasteiger partial charge in [0.1, 0.15) is 10.6 Å². The van der Waals surface area contributed by atoms with E-state index in [-0.39, 0.29) is 29.3 Å². The van der Waals surface area contributed by atoms with Crippen molar-refractivity contribution in [2.45, 2.75) is 11.8 Å². The number of halogens is 1. The molecule has 1 fully saturated rings. The minimum absolute atomic E-state index is 0.0310. The van der Waals surface area contributed by atoms with E-state index in [2.05, 4.69) is 21.2 Å². The largest absolute Gasteiger partial charge is 0.495 e. The first-order chi connectivity index (χ1) is 13.3. The first-order valence-corrected chi connectivity index (χ1v) is 10.9. The van der Waals surface area contributed by atoms with E-state index < -0.39 is 15.9 Å². The lowest BCUT2D eigenvalue weighted by Crippen LogP contribution is -2.40. The van der Waals surface area contributed by atoms with Crippen LogP contribution < -0.4 is 10.1 Å². The first-order valence-electron chi connectivity index (χ1n) is 8.66. The molecule has 3 rings (SSSR count). The quantitative estimate of drug-likeness (QED) is 0.728. The summed E-state index contributed by atoms with van der Waals surface area (Å²) in [5.74, 6) is -0.203. The number of ether oxygens (including phenoxy) is 2. The number of carbonyl (C=O) groups is 1. The number of anilines is 1. The van der Waals surface area contributed by atoms with Gasteiger partial charge >= 0.3 is 0 Å². The van der Waals surface area contributed by atoms with Gasteiger partial charge in [-0.15, -0.1) is 0 Å². The Morgan fingerprint density at radius 3 is 2.54 bits per heavy atom. The van der Waals surface area contributed by atoms with Crippen molar-refractivity contribution in [2.24, 2.45) is 0 Å². The highest BCUT2D eigenvalue weighted by molar-refractivity contribution is 9.10. The molecule has 0 bridgehead atoms. The number of nitrogens with one attached hydrogen (secondary N) is 1. The molecule has 0 unspecified atom stereocenters. The van der Waals surface area contributed by atoms with Gasteiger partial charge in [-0.3, -0.25) is 4.79 Å². The fraction of sp³-hybridized carbons (Fsp3) is 0.316. The number of hydrogen-bond donors (Lipinski definition) is 1. The minimum Gasteiger partial charge on any atom is -0.495 e. The summed E-state index contributed by atoms with van der Waals surface area (Å²) < 4.78 is 38.8.